The molecule has 0 atom stereocenters. The number of halogens is 3. The van der Waals surface area contributed by atoms with Gasteiger partial charge in [0.1, 0.15) is 28.3 Å². The summed E-state index contributed by atoms with van der Waals surface area (Å²) in [7, 11) is 0. The molecular formula is C17H10F3N3O2. The number of para-hydroxylation sites is 1. The predicted molar refractivity (Wildman–Crippen MR) is 83.8 cm³/mol. The fourth-order valence-corrected chi connectivity index (χ4v) is 2.73. The monoisotopic (exact) mass is 345 g/mol. The molecular weight excluding hydrogens is 335 g/mol. The minimum absolute atomic E-state index is 0.195. The Bertz CT molecular complexity index is 1130. The molecule has 2 aliphatic heterocycles. The number of benzene rings is 1. The van der Waals surface area contributed by atoms with Crippen molar-refractivity contribution in [1.82, 2.24) is 14.8 Å². The SMILES string of the molecule is Cc1oc2ccccc2c2nn(-c3cccc(C(F)(F)F)n3)c(=O)c1-2. The zero-order valence-electron chi connectivity index (χ0n) is 12.8. The maximum absolute atomic E-state index is 12.9. The second kappa shape index (κ2) is 5.17. The highest BCUT2D eigenvalue weighted by Gasteiger charge is 2.33. The standard InChI is InChI=1S/C17H10F3N3O2/c1-9-14-15(10-5-2-3-6-11(10)25-9)22-23(16(14)24)13-8-4-7-12(21-13)17(18,19)20/h2-8H,1H3. The lowest BCUT2D eigenvalue weighted by Gasteiger charge is -2.06. The first-order valence-electron chi connectivity index (χ1n) is 7.32. The van der Waals surface area contributed by atoms with Crippen molar-refractivity contribution in [1.29, 1.82) is 0 Å². The third-order valence-corrected chi connectivity index (χ3v) is 3.84. The number of fused-ring (bicyclic) bond motifs is 3. The van der Waals surface area contributed by atoms with Crippen LogP contribution in [0.25, 0.3) is 28.0 Å². The lowest BCUT2D eigenvalue weighted by Crippen LogP contribution is -2.18. The Kier molecular flexibility index (Phi) is 3.18. The maximum atomic E-state index is 12.9. The quantitative estimate of drug-likeness (QED) is 0.526. The van der Waals surface area contributed by atoms with Crippen molar-refractivity contribution < 1.29 is 17.6 Å². The average molecular weight is 345 g/mol. The molecule has 0 fully saturated rings. The highest BCUT2D eigenvalue weighted by molar-refractivity contribution is 5.92. The minimum atomic E-state index is -4.61. The maximum Gasteiger partial charge on any atom is 0.433 e. The van der Waals surface area contributed by atoms with Gasteiger partial charge in [-0.1, -0.05) is 18.2 Å². The lowest BCUT2D eigenvalue weighted by molar-refractivity contribution is -0.141. The summed E-state index contributed by atoms with van der Waals surface area (Å²) in [5.41, 5.74) is -0.542. The Morgan fingerprint density at radius 2 is 1.84 bits per heavy atom. The second-order valence-electron chi connectivity index (χ2n) is 5.47. The van der Waals surface area contributed by atoms with Gasteiger partial charge >= 0.3 is 6.18 Å². The number of alkyl halides is 3. The van der Waals surface area contributed by atoms with Gasteiger partial charge in [-0.05, 0) is 31.2 Å². The van der Waals surface area contributed by atoms with E-state index in [2.05, 4.69) is 10.1 Å². The van der Waals surface area contributed by atoms with Crippen LogP contribution in [-0.4, -0.2) is 14.8 Å². The first-order chi connectivity index (χ1) is 11.9. The molecule has 2 aromatic rings. The number of nitrogens with zero attached hydrogens (tertiary/aromatic N) is 3. The molecule has 5 nitrogen and oxygen atoms in total. The highest BCUT2D eigenvalue weighted by atomic mass is 19.4. The molecule has 0 radical (unpaired) electrons. The molecule has 4 rings (SSSR count). The topological polar surface area (TPSA) is 60.9 Å². The third kappa shape index (κ3) is 2.37. The fraction of sp³-hybridized carbons (Fsp3) is 0.118. The fourth-order valence-electron chi connectivity index (χ4n) is 2.73. The summed E-state index contributed by atoms with van der Waals surface area (Å²) >= 11 is 0. The van der Waals surface area contributed by atoms with Gasteiger partial charge < -0.3 is 4.42 Å². The van der Waals surface area contributed by atoms with E-state index >= 15 is 0 Å². The van der Waals surface area contributed by atoms with Crippen molar-refractivity contribution in [2.75, 3.05) is 0 Å². The van der Waals surface area contributed by atoms with Crippen molar-refractivity contribution in [3.63, 3.8) is 0 Å². The summed E-state index contributed by atoms with van der Waals surface area (Å²) in [6.07, 6.45) is -4.61. The zero-order valence-corrected chi connectivity index (χ0v) is 12.8. The van der Waals surface area contributed by atoms with Gasteiger partial charge in [0, 0.05) is 5.39 Å². The smallest absolute Gasteiger partial charge is 0.433 e. The van der Waals surface area contributed by atoms with Crippen LogP contribution in [0.4, 0.5) is 13.2 Å². The summed E-state index contributed by atoms with van der Waals surface area (Å²) < 4.78 is 45.1. The van der Waals surface area contributed by atoms with Crippen LogP contribution in [0.2, 0.25) is 0 Å². The number of aryl methyl sites for hydroxylation is 1. The molecule has 0 aliphatic carbocycles. The Morgan fingerprint density at radius 1 is 1.08 bits per heavy atom. The van der Waals surface area contributed by atoms with E-state index < -0.39 is 17.4 Å². The summed E-state index contributed by atoms with van der Waals surface area (Å²) in [5, 5.41) is 4.81. The van der Waals surface area contributed by atoms with Crippen LogP contribution in [-0.2, 0) is 6.18 Å². The van der Waals surface area contributed by atoms with Crippen molar-refractivity contribution in [3.05, 3.63) is 64.3 Å². The van der Waals surface area contributed by atoms with E-state index in [0.29, 0.717) is 22.4 Å². The summed E-state index contributed by atoms with van der Waals surface area (Å²) in [6, 6.07) is 10.3. The highest BCUT2D eigenvalue weighted by Crippen LogP contribution is 2.31. The van der Waals surface area contributed by atoms with E-state index in [9.17, 15) is 18.0 Å². The van der Waals surface area contributed by atoms with Gasteiger partial charge in [0.15, 0.2) is 5.82 Å². The molecule has 0 saturated heterocycles. The Hall–Kier alpha value is -3.16. The minimum Gasteiger partial charge on any atom is -0.460 e. The van der Waals surface area contributed by atoms with Crippen LogP contribution >= 0.6 is 0 Å². The molecule has 8 heteroatoms. The van der Waals surface area contributed by atoms with Crippen LogP contribution < -0.4 is 5.56 Å². The lowest BCUT2D eigenvalue weighted by atomic mass is 10.1. The van der Waals surface area contributed by atoms with E-state index in [-0.39, 0.29) is 11.4 Å². The van der Waals surface area contributed by atoms with Gasteiger partial charge in [0.2, 0.25) is 0 Å². The molecule has 0 N–H and O–H groups in total. The van der Waals surface area contributed by atoms with E-state index in [1.54, 1.807) is 31.2 Å². The van der Waals surface area contributed by atoms with Crippen molar-refractivity contribution >= 4 is 11.0 Å². The van der Waals surface area contributed by atoms with Crippen molar-refractivity contribution in [2.45, 2.75) is 13.1 Å². The zero-order chi connectivity index (χ0) is 17.8. The number of aromatic nitrogens is 3. The van der Waals surface area contributed by atoms with Gasteiger partial charge in [-0.15, -0.1) is 0 Å². The van der Waals surface area contributed by atoms with Gasteiger partial charge in [-0.2, -0.15) is 23.0 Å². The largest absolute Gasteiger partial charge is 0.460 e. The molecule has 1 aromatic carbocycles. The molecule has 25 heavy (non-hydrogen) atoms. The average Bonchev–Trinajstić information content (AvgIpc) is 2.93. The summed E-state index contributed by atoms with van der Waals surface area (Å²) in [4.78, 5) is 16.2. The van der Waals surface area contributed by atoms with Gasteiger partial charge in [0.05, 0.1) is 0 Å². The van der Waals surface area contributed by atoms with E-state index in [0.717, 1.165) is 10.7 Å². The van der Waals surface area contributed by atoms with Crippen LogP contribution in [0, 0.1) is 6.92 Å². The van der Waals surface area contributed by atoms with Gasteiger partial charge in [0.25, 0.3) is 5.56 Å². The first-order valence-corrected chi connectivity index (χ1v) is 7.32. The number of pyridine rings is 1. The molecule has 0 spiro atoms. The molecule has 0 bridgehead atoms. The van der Waals surface area contributed by atoms with Crippen molar-refractivity contribution in [2.24, 2.45) is 0 Å². The van der Waals surface area contributed by atoms with E-state index in [4.69, 9.17) is 4.42 Å². The van der Waals surface area contributed by atoms with Gasteiger partial charge in [-0.25, -0.2) is 4.98 Å². The van der Waals surface area contributed by atoms with Crippen LogP contribution in [0.1, 0.15) is 11.5 Å². The Balaban J connectivity index is 2.03. The number of rotatable bonds is 1. The number of hydrogen-bond acceptors (Lipinski definition) is 4. The second-order valence-corrected chi connectivity index (χ2v) is 5.47. The van der Waals surface area contributed by atoms with E-state index in [1.807, 2.05) is 0 Å². The van der Waals surface area contributed by atoms with Crippen LogP contribution in [0.5, 0.6) is 0 Å². The molecule has 3 heterocycles. The van der Waals surface area contributed by atoms with Crippen LogP contribution in [0.3, 0.4) is 0 Å². The van der Waals surface area contributed by atoms with Gasteiger partial charge in [-0.3, -0.25) is 4.79 Å². The molecule has 126 valence electrons. The molecule has 0 saturated carbocycles. The van der Waals surface area contributed by atoms with E-state index in [1.165, 1.54) is 12.1 Å². The van der Waals surface area contributed by atoms with Crippen LogP contribution in [0.15, 0.2) is 51.7 Å². The summed E-state index contributed by atoms with van der Waals surface area (Å²) in [6.45, 7) is 1.61. The third-order valence-electron chi connectivity index (χ3n) is 3.84. The number of hydrogen-bond donors (Lipinski definition) is 0. The molecule has 1 aromatic heterocycles. The predicted octanol–water partition coefficient (Wildman–Crippen LogP) is 3.81. The molecule has 0 unspecified atom stereocenters. The van der Waals surface area contributed by atoms with Crippen molar-refractivity contribution in [3.8, 4) is 17.1 Å². The summed E-state index contributed by atoms with van der Waals surface area (Å²) in [5.74, 6) is 0.149. The Morgan fingerprint density at radius 3 is 2.60 bits per heavy atom. The first kappa shape index (κ1) is 15.4. The molecule has 2 aliphatic rings. The molecule has 0 amide bonds. The Labute approximate surface area is 138 Å². The normalized spacial score (nSPS) is 12.2.